The first-order chi connectivity index (χ1) is 18.3. The zero-order valence-electron chi connectivity index (χ0n) is 21.5. The molecule has 1 atom stereocenters. The van der Waals surface area contributed by atoms with Crippen molar-refractivity contribution in [2.45, 2.75) is 63.7 Å². The molecule has 1 unspecified atom stereocenters. The number of fused-ring (bicyclic) bond motifs is 1. The first kappa shape index (κ1) is 25.1. The average Bonchev–Trinajstić information content (AvgIpc) is 3.44. The number of carbonyl (C=O) groups is 1. The van der Waals surface area contributed by atoms with E-state index < -0.39 is 11.7 Å². The smallest absolute Gasteiger partial charge is 0.320 e. The van der Waals surface area contributed by atoms with Gasteiger partial charge in [0.25, 0.3) is 5.91 Å². The molecule has 2 fully saturated rings. The Hall–Kier alpha value is -3.20. The lowest BCUT2D eigenvalue weighted by atomic mass is 9.72. The predicted molar refractivity (Wildman–Crippen MR) is 138 cm³/mol. The molecule has 3 aromatic rings. The summed E-state index contributed by atoms with van der Waals surface area (Å²) < 4.78 is 44.5. The van der Waals surface area contributed by atoms with Crippen molar-refractivity contribution in [3.63, 3.8) is 0 Å². The van der Waals surface area contributed by atoms with Crippen molar-refractivity contribution in [3.05, 3.63) is 76.4 Å². The number of hydrogen-bond donors (Lipinski definition) is 0. The lowest BCUT2D eigenvalue weighted by molar-refractivity contribution is -0.138. The minimum Gasteiger partial charge on any atom is -0.320 e. The number of anilines is 1. The maximum Gasteiger partial charge on any atom is 0.416 e. The van der Waals surface area contributed by atoms with Crippen molar-refractivity contribution < 1.29 is 18.0 Å². The molecule has 6 rings (SSSR count). The zero-order valence-corrected chi connectivity index (χ0v) is 21.5. The van der Waals surface area contributed by atoms with E-state index in [0.717, 1.165) is 56.6 Å². The molecule has 1 amide bonds. The van der Waals surface area contributed by atoms with Crippen LogP contribution in [0.3, 0.4) is 0 Å². The molecule has 200 valence electrons. The lowest BCUT2D eigenvalue weighted by Crippen LogP contribution is -2.29. The molecule has 3 aliphatic rings. The monoisotopic (exact) mass is 523 g/mol. The van der Waals surface area contributed by atoms with E-state index in [1.165, 1.54) is 17.4 Å². The topological polar surface area (TPSA) is 54.3 Å². The number of likely N-dealkylation sites (tertiary alicyclic amines) is 1. The van der Waals surface area contributed by atoms with Gasteiger partial charge in [0.2, 0.25) is 0 Å². The highest BCUT2D eigenvalue weighted by molar-refractivity contribution is 6.10. The molecule has 0 spiro atoms. The van der Waals surface area contributed by atoms with Crippen molar-refractivity contribution in [3.8, 4) is 0 Å². The Morgan fingerprint density at radius 1 is 1.05 bits per heavy atom. The van der Waals surface area contributed by atoms with Gasteiger partial charge in [0, 0.05) is 30.8 Å². The number of hydrogen-bond acceptors (Lipinski definition) is 4. The van der Waals surface area contributed by atoms with Gasteiger partial charge in [-0.05, 0) is 85.6 Å². The summed E-state index contributed by atoms with van der Waals surface area (Å²) >= 11 is 0. The van der Waals surface area contributed by atoms with Crippen molar-refractivity contribution in [2.75, 3.05) is 18.0 Å². The van der Waals surface area contributed by atoms with Gasteiger partial charge in [-0.25, -0.2) is 0 Å². The fourth-order valence-corrected chi connectivity index (χ4v) is 6.26. The second-order valence-electron chi connectivity index (χ2n) is 11.0. The van der Waals surface area contributed by atoms with Gasteiger partial charge in [-0.3, -0.25) is 9.69 Å². The largest absolute Gasteiger partial charge is 0.416 e. The van der Waals surface area contributed by atoms with Crippen molar-refractivity contribution in [1.29, 1.82) is 0 Å². The highest BCUT2D eigenvalue weighted by atomic mass is 19.4. The van der Waals surface area contributed by atoms with Crippen LogP contribution in [0.15, 0.2) is 42.7 Å². The third-order valence-corrected chi connectivity index (χ3v) is 8.45. The number of halogens is 3. The number of alkyl halides is 3. The van der Waals surface area contributed by atoms with Gasteiger partial charge in [0.15, 0.2) is 0 Å². The van der Waals surface area contributed by atoms with Crippen LogP contribution in [0.1, 0.15) is 82.9 Å². The summed E-state index contributed by atoms with van der Waals surface area (Å²) in [4.78, 5) is 17.3. The van der Waals surface area contributed by atoms with Crippen LogP contribution >= 0.6 is 0 Å². The minimum atomic E-state index is -4.53. The van der Waals surface area contributed by atoms with Gasteiger partial charge in [-0.15, -0.1) is 10.2 Å². The first-order valence-corrected chi connectivity index (χ1v) is 13.5. The van der Waals surface area contributed by atoms with E-state index in [1.807, 2.05) is 35.9 Å². The quantitative estimate of drug-likeness (QED) is 0.403. The Morgan fingerprint density at radius 2 is 1.84 bits per heavy atom. The molecule has 1 aliphatic carbocycles. The van der Waals surface area contributed by atoms with Crippen molar-refractivity contribution in [2.24, 2.45) is 13.0 Å². The highest BCUT2D eigenvalue weighted by Gasteiger charge is 2.41. The first-order valence-electron chi connectivity index (χ1n) is 13.5. The van der Waals surface area contributed by atoms with Crippen LogP contribution in [0, 0.1) is 5.92 Å². The van der Waals surface area contributed by atoms with Crippen LogP contribution in [-0.2, 0) is 26.3 Å². The van der Waals surface area contributed by atoms with Crippen LogP contribution < -0.4 is 4.90 Å². The summed E-state index contributed by atoms with van der Waals surface area (Å²) in [6.45, 7) is 2.09. The van der Waals surface area contributed by atoms with Gasteiger partial charge in [-0.2, -0.15) is 13.2 Å². The summed E-state index contributed by atoms with van der Waals surface area (Å²) in [5.41, 5.74) is 1.71. The molecule has 2 aromatic carbocycles. The number of benzene rings is 2. The van der Waals surface area contributed by atoms with Crippen LogP contribution in [0.4, 0.5) is 18.9 Å². The molecular weight excluding hydrogens is 491 g/mol. The second-order valence-corrected chi connectivity index (χ2v) is 11.0. The molecular formula is C29H32F3N5O. The number of piperidine rings is 1. The van der Waals surface area contributed by atoms with Crippen LogP contribution in [0.5, 0.6) is 0 Å². The molecule has 3 heterocycles. The molecule has 0 N–H and O–H groups in total. The predicted octanol–water partition coefficient (Wildman–Crippen LogP) is 5.91. The van der Waals surface area contributed by atoms with Gasteiger partial charge in [-0.1, -0.05) is 25.0 Å². The van der Waals surface area contributed by atoms with E-state index >= 15 is 0 Å². The molecule has 6 nitrogen and oxygen atoms in total. The molecule has 2 aliphatic heterocycles. The molecule has 1 aromatic heterocycles. The van der Waals surface area contributed by atoms with E-state index in [0.29, 0.717) is 23.7 Å². The Kier molecular flexibility index (Phi) is 6.50. The lowest BCUT2D eigenvalue weighted by Gasteiger charge is -2.33. The Balaban J connectivity index is 1.34. The number of aromatic nitrogens is 3. The summed E-state index contributed by atoms with van der Waals surface area (Å²) in [6, 6.07) is 10.6. The van der Waals surface area contributed by atoms with E-state index in [1.54, 1.807) is 12.4 Å². The highest BCUT2D eigenvalue weighted by Crippen LogP contribution is 2.44. The third kappa shape index (κ3) is 4.61. The summed E-state index contributed by atoms with van der Waals surface area (Å²) in [5, 5.41) is 8.44. The Labute approximate surface area is 220 Å². The van der Waals surface area contributed by atoms with E-state index in [4.69, 9.17) is 0 Å². The summed E-state index contributed by atoms with van der Waals surface area (Å²) in [5.74, 6) is 0.943. The second kappa shape index (κ2) is 9.84. The van der Waals surface area contributed by atoms with E-state index in [2.05, 4.69) is 15.1 Å². The SMILES string of the molecule is Cn1cnnc1C(c1cccc(N2Cc3c(cc(CN4CCCCC4)cc3C(F)(F)F)C2=O)c1)C1CCC1. The number of nitrogens with zero attached hydrogens (tertiary/aromatic N) is 5. The van der Waals surface area contributed by atoms with Crippen LogP contribution in [-0.4, -0.2) is 38.7 Å². The standard InChI is InChI=1S/C29H32F3N5O/c1-35-18-33-34-27(35)26(20-7-5-8-20)21-9-6-10-22(15-21)37-17-24-23(28(37)38)13-19(14-25(24)29(30,31)32)16-36-11-3-2-4-12-36/h6,9-10,13-15,18,20,26H,2-5,7-8,11-12,16-17H2,1H3. The van der Waals surface area contributed by atoms with Gasteiger partial charge in [0.05, 0.1) is 12.1 Å². The third-order valence-electron chi connectivity index (χ3n) is 8.45. The molecule has 0 radical (unpaired) electrons. The fraction of sp³-hybridized carbons (Fsp3) is 0.483. The average molecular weight is 524 g/mol. The molecule has 9 heteroatoms. The molecule has 38 heavy (non-hydrogen) atoms. The number of carbonyl (C=O) groups excluding carboxylic acids is 1. The minimum absolute atomic E-state index is 0.0261. The van der Waals surface area contributed by atoms with Gasteiger partial charge in [0.1, 0.15) is 12.2 Å². The van der Waals surface area contributed by atoms with Crippen LogP contribution in [0.2, 0.25) is 0 Å². The van der Waals surface area contributed by atoms with E-state index in [-0.39, 0.29) is 29.5 Å². The maximum atomic E-state index is 14.2. The van der Waals surface area contributed by atoms with E-state index in [9.17, 15) is 18.0 Å². The summed E-state index contributed by atoms with van der Waals surface area (Å²) in [7, 11) is 1.92. The summed E-state index contributed by atoms with van der Waals surface area (Å²) in [6.07, 6.45) is 3.76. The number of rotatable bonds is 6. The normalized spacial score (nSPS) is 19.5. The van der Waals surface area contributed by atoms with Crippen LogP contribution in [0.25, 0.3) is 0 Å². The number of aryl methyl sites for hydroxylation is 1. The van der Waals surface area contributed by atoms with Crippen molar-refractivity contribution in [1.82, 2.24) is 19.7 Å². The Morgan fingerprint density at radius 3 is 2.50 bits per heavy atom. The fourth-order valence-electron chi connectivity index (χ4n) is 6.26. The van der Waals surface area contributed by atoms with Gasteiger partial charge < -0.3 is 9.47 Å². The molecule has 1 saturated carbocycles. The molecule has 1 saturated heterocycles. The zero-order chi connectivity index (χ0) is 26.4. The Bertz CT molecular complexity index is 1340. The van der Waals surface area contributed by atoms with Gasteiger partial charge >= 0.3 is 6.18 Å². The molecule has 0 bridgehead atoms. The maximum absolute atomic E-state index is 14.2. The number of amides is 1. The van der Waals surface area contributed by atoms with Crippen molar-refractivity contribution >= 4 is 11.6 Å².